The molecule has 0 saturated heterocycles. The van der Waals surface area contributed by atoms with Crippen molar-refractivity contribution in [1.82, 2.24) is 0 Å². The fourth-order valence-corrected chi connectivity index (χ4v) is 4.40. The van der Waals surface area contributed by atoms with E-state index in [1.54, 1.807) is 0 Å². The van der Waals surface area contributed by atoms with Crippen molar-refractivity contribution in [1.29, 1.82) is 0 Å². The molecule has 2 saturated carbocycles. The Bertz CT molecular complexity index is 552. The molecule has 0 unspecified atom stereocenters. The fraction of sp³-hybridized carbons (Fsp3) is 0.588. The van der Waals surface area contributed by atoms with Gasteiger partial charge in [0, 0.05) is 11.6 Å². The third-order valence-electron chi connectivity index (χ3n) is 5.37. The summed E-state index contributed by atoms with van der Waals surface area (Å²) in [4.78, 5) is 11.8. The Morgan fingerprint density at radius 3 is 2.19 bits per heavy atom. The van der Waals surface area contributed by atoms with E-state index in [1.165, 1.54) is 18.9 Å². The average molecular weight is 294 g/mol. The second-order valence-electron chi connectivity index (χ2n) is 6.78. The van der Waals surface area contributed by atoms with Gasteiger partial charge in [-0.3, -0.25) is 4.79 Å². The van der Waals surface area contributed by atoms with Crippen molar-refractivity contribution in [3.63, 3.8) is 0 Å². The molecule has 2 fully saturated rings. The third kappa shape index (κ3) is 2.34. The Balaban J connectivity index is 1.91. The highest BCUT2D eigenvalue weighted by atomic mass is 19.1. The van der Waals surface area contributed by atoms with E-state index in [2.05, 4.69) is 0 Å². The van der Waals surface area contributed by atoms with Crippen LogP contribution in [-0.4, -0.2) is 11.1 Å². The molecule has 2 nitrogen and oxygen atoms in total. The van der Waals surface area contributed by atoms with Crippen LogP contribution in [0.4, 0.5) is 8.78 Å². The molecule has 0 bridgehead atoms. The molecule has 0 heterocycles. The van der Waals surface area contributed by atoms with Crippen LogP contribution in [0.5, 0.6) is 0 Å². The van der Waals surface area contributed by atoms with Crippen LogP contribution in [0.15, 0.2) is 18.2 Å². The minimum Gasteiger partial charge on any atom is -0.481 e. The van der Waals surface area contributed by atoms with Crippen molar-refractivity contribution in [2.75, 3.05) is 0 Å². The lowest BCUT2D eigenvalue weighted by Gasteiger charge is -2.54. The van der Waals surface area contributed by atoms with E-state index >= 15 is 0 Å². The normalized spacial score (nSPS) is 23.3. The Morgan fingerprint density at radius 1 is 1.05 bits per heavy atom. The molecule has 0 radical (unpaired) electrons. The second-order valence-corrected chi connectivity index (χ2v) is 6.78. The summed E-state index contributed by atoms with van der Waals surface area (Å²) in [6.07, 6.45) is 7.69. The van der Waals surface area contributed by atoms with Crippen LogP contribution in [0, 0.1) is 17.0 Å². The van der Waals surface area contributed by atoms with E-state index in [1.807, 2.05) is 0 Å². The predicted molar refractivity (Wildman–Crippen MR) is 75.0 cm³/mol. The molecule has 0 aromatic heterocycles. The molecule has 4 heteroatoms. The van der Waals surface area contributed by atoms with E-state index in [4.69, 9.17) is 0 Å². The van der Waals surface area contributed by atoms with Crippen LogP contribution in [-0.2, 0) is 10.2 Å². The predicted octanol–water partition coefficient (Wildman–Crippen LogP) is 4.42. The van der Waals surface area contributed by atoms with Gasteiger partial charge in [-0.2, -0.15) is 0 Å². The first-order chi connectivity index (χ1) is 9.97. The summed E-state index contributed by atoms with van der Waals surface area (Å²) in [5.41, 5.74) is -0.969. The van der Waals surface area contributed by atoms with Gasteiger partial charge >= 0.3 is 5.97 Å². The zero-order chi connectivity index (χ0) is 15.1. The lowest BCUT2D eigenvalue weighted by Crippen LogP contribution is -2.54. The van der Waals surface area contributed by atoms with Crippen LogP contribution in [0.3, 0.4) is 0 Å². The van der Waals surface area contributed by atoms with Gasteiger partial charge in [-0.25, -0.2) is 8.78 Å². The van der Waals surface area contributed by atoms with E-state index < -0.39 is 23.0 Å². The maximum Gasteiger partial charge on any atom is 0.314 e. The first kappa shape index (κ1) is 14.5. The van der Waals surface area contributed by atoms with Gasteiger partial charge in [0.05, 0.1) is 5.41 Å². The van der Waals surface area contributed by atoms with Crippen molar-refractivity contribution in [2.24, 2.45) is 5.41 Å². The van der Waals surface area contributed by atoms with Gasteiger partial charge in [-0.15, -0.1) is 0 Å². The van der Waals surface area contributed by atoms with Crippen LogP contribution >= 0.6 is 0 Å². The molecule has 21 heavy (non-hydrogen) atoms. The largest absolute Gasteiger partial charge is 0.481 e. The van der Waals surface area contributed by atoms with Crippen molar-refractivity contribution in [3.8, 4) is 0 Å². The highest BCUT2D eigenvalue weighted by Gasteiger charge is 2.60. The maximum atomic E-state index is 14.1. The number of rotatable bonds is 2. The number of benzene rings is 1. The SMILES string of the molecule is O=C(O)C1(c2ccc(F)cc2F)CC2(CCCCCC2)C1. The van der Waals surface area contributed by atoms with Crippen molar-refractivity contribution in [3.05, 3.63) is 35.4 Å². The van der Waals surface area contributed by atoms with Crippen molar-refractivity contribution in [2.45, 2.75) is 56.8 Å². The van der Waals surface area contributed by atoms with Gasteiger partial charge in [0.25, 0.3) is 0 Å². The molecule has 1 aromatic carbocycles. The number of aliphatic carboxylic acids is 1. The van der Waals surface area contributed by atoms with Crippen LogP contribution in [0.2, 0.25) is 0 Å². The lowest BCUT2D eigenvalue weighted by atomic mass is 9.48. The van der Waals surface area contributed by atoms with E-state index in [0.29, 0.717) is 12.8 Å². The first-order valence-electron chi connectivity index (χ1n) is 7.67. The molecule has 0 aliphatic heterocycles. The van der Waals surface area contributed by atoms with Gasteiger partial charge in [0.15, 0.2) is 0 Å². The van der Waals surface area contributed by atoms with E-state index in [9.17, 15) is 18.7 Å². The number of carbonyl (C=O) groups is 1. The van der Waals surface area contributed by atoms with Crippen molar-refractivity contribution < 1.29 is 18.7 Å². The number of carboxylic acids is 1. The smallest absolute Gasteiger partial charge is 0.314 e. The molecule has 0 amide bonds. The quantitative estimate of drug-likeness (QED) is 0.876. The Morgan fingerprint density at radius 2 is 1.67 bits per heavy atom. The lowest BCUT2D eigenvalue weighted by molar-refractivity contribution is -0.156. The summed E-state index contributed by atoms with van der Waals surface area (Å²) in [5.74, 6) is -2.39. The van der Waals surface area contributed by atoms with Crippen LogP contribution in [0.25, 0.3) is 0 Å². The minimum atomic E-state index is -1.16. The highest BCUT2D eigenvalue weighted by Crippen LogP contribution is 2.61. The molecule has 1 spiro atoms. The summed E-state index contributed by atoms with van der Waals surface area (Å²) in [5, 5.41) is 9.65. The summed E-state index contributed by atoms with van der Waals surface area (Å²) >= 11 is 0. The van der Waals surface area contributed by atoms with Crippen LogP contribution < -0.4 is 0 Å². The van der Waals surface area contributed by atoms with Gasteiger partial charge in [0.1, 0.15) is 11.6 Å². The summed E-state index contributed by atoms with van der Waals surface area (Å²) in [6, 6.07) is 3.25. The van der Waals surface area contributed by atoms with Gasteiger partial charge in [-0.1, -0.05) is 31.7 Å². The first-order valence-corrected chi connectivity index (χ1v) is 7.67. The number of hydrogen-bond acceptors (Lipinski definition) is 1. The molecule has 1 aromatic rings. The summed E-state index contributed by atoms with van der Waals surface area (Å²) in [6.45, 7) is 0. The second kappa shape index (κ2) is 5.08. The Kier molecular flexibility index (Phi) is 3.50. The van der Waals surface area contributed by atoms with Crippen LogP contribution in [0.1, 0.15) is 56.9 Å². The number of hydrogen-bond donors (Lipinski definition) is 1. The van der Waals surface area contributed by atoms with E-state index in [-0.39, 0.29) is 11.0 Å². The zero-order valence-corrected chi connectivity index (χ0v) is 12.0. The topological polar surface area (TPSA) is 37.3 Å². The summed E-state index contributed by atoms with van der Waals surface area (Å²) in [7, 11) is 0. The van der Waals surface area contributed by atoms with Crippen molar-refractivity contribution >= 4 is 5.97 Å². The molecule has 114 valence electrons. The molecule has 1 N–H and O–H groups in total. The Hall–Kier alpha value is -1.45. The molecular weight excluding hydrogens is 274 g/mol. The maximum absolute atomic E-state index is 14.1. The molecule has 3 rings (SSSR count). The fourth-order valence-electron chi connectivity index (χ4n) is 4.40. The number of carboxylic acid groups (broad SMARTS) is 1. The van der Waals surface area contributed by atoms with Gasteiger partial charge < -0.3 is 5.11 Å². The zero-order valence-electron chi connectivity index (χ0n) is 12.0. The monoisotopic (exact) mass is 294 g/mol. The minimum absolute atomic E-state index is 0.0513. The summed E-state index contributed by atoms with van der Waals surface area (Å²) < 4.78 is 27.1. The highest BCUT2D eigenvalue weighted by molar-refractivity contribution is 5.83. The van der Waals surface area contributed by atoms with E-state index in [0.717, 1.165) is 37.8 Å². The third-order valence-corrected chi connectivity index (χ3v) is 5.37. The standard InChI is InChI=1S/C17H20F2O2/c18-12-5-6-13(14(19)9-12)17(15(20)21)10-16(11-17)7-3-1-2-4-8-16/h5-6,9H,1-4,7-8,10-11H2,(H,20,21). The van der Waals surface area contributed by atoms with Gasteiger partial charge in [-0.05, 0) is 37.2 Å². The average Bonchev–Trinajstić information content (AvgIpc) is 2.62. The molecular formula is C17H20F2O2. The Labute approximate surface area is 123 Å². The molecule has 2 aliphatic rings. The molecule has 2 aliphatic carbocycles. The van der Waals surface area contributed by atoms with Gasteiger partial charge in [0.2, 0.25) is 0 Å². The molecule has 0 atom stereocenters. The number of halogens is 2.